The second-order valence-electron chi connectivity index (χ2n) is 4.32. The predicted octanol–water partition coefficient (Wildman–Crippen LogP) is 3.23. The van der Waals surface area contributed by atoms with Gasteiger partial charge in [0, 0.05) is 18.0 Å². The molecule has 0 heterocycles. The van der Waals surface area contributed by atoms with E-state index < -0.39 is 0 Å². The van der Waals surface area contributed by atoms with Crippen molar-refractivity contribution >= 4 is 17.5 Å². The standard InChI is InChI=1S/C16H13ClN2O/c17-9-12-1-3-14(4-2-12)11-19-16(20)15-7-5-13(10-18)6-8-15/h1-8H,9,11H2,(H,19,20). The quantitative estimate of drug-likeness (QED) is 0.877. The molecule has 0 aliphatic rings. The van der Waals surface area contributed by atoms with Crippen LogP contribution in [-0.2, 0) is 12.4 Å². The minimum atomic E-state index is -0.157. The Kier molecular flexibility index (Phi) is 4.75. The van der Waals surface area contributed by atoms with Crippen LogP contribution in [0.4, 0.5) is 0 Å². The van der Waals surface area contributed by atoms with E-state index >= 15 is 0 Å². The van der Waals surface area contributed by atoms with Crippen molar-refractivity contribution in [2.24, 2.45) is 0 Å². The van der Waals surface area contributed by atoms with Crippen molar-refractivity contribution in [2.45, 2.75) is 12.4 Å². The molecule has 1 amide bonds. The summed E-state index contributed by atoms with van der Waals surface area (Å²) in [6.45, 7) is 0.460. The van der Waals surface area contributed by atoms with E-state index in [4.69, 9.17) is 16.9 Å². The zero-order valence-electron chi connectivity index (χ0n) is 10.8. The maximum Gasteiger partial charge on any atom is 0.251 e. The Hall–Kier alpha value is -2.31. The van der Waals surface area contributed by atoms with Crippen LogP contribution in [0.1, 0.15) is 27.0 Å². The number of hydrogen-bond donors (Lipinski definition) is 1. The van der Waals surface area contributed by atoms with Gasteiger partial charge in [0.15, 0.2) is 0 Å². The molecule has 4 heteroatoms. The molecule has 3 nitrogen and oxygen atoms in total. The van der Waals surface area contributed by atoms with Gasteiger partial charge in [-0.2, -0.15) is 5.26 Å². The summed E-state index contributed by atoms with van der Waals surface area (Å²) in [6, 6.07) is 16.3. The number of nitrogens with zero attached hydrogens (tertiary/aromatic N) is 1. The van der Waals surface area contributed by atoms with Gasteiger partial charge in [-0.15, -0.1) is 11.6 Å². The minimum absolute atomic E-state index is 0.157. The van der Waals surface area contributed by atoms with Crippen LogP contribution in [0.5, 0.6) is 0 Å². The summed E-state index contributed by atoms with van der Waals surface area (Å²) in [6.07, 6.45) is 0. The molecular formula is C16H13ClN2O. The Bertz CT molecular complexity index is 627. The highest BCUT2D eigenvalue weighted by Gasteiger charge is 2.05. The molecule has 0 fully saturated rings. The summed E-state index contributed by atoms with van der Waals surface area (Å²) >= 11 is 5.72. The summed E-state index contributed by atoms with van der Waals surface area (Å²) in [5, 5.41) is 11.5. The maximum absolute atomic E-state index is 11.9. The molecule has 0 saturated carbocycles. The Morgan fingerprint density at radius 1 is 1.05 bits per heavy atom. The van der Waals surface area contributed by atoms with Crippen molar-refractivity contribution in [1.82, 2.24) is 5.32 Å². The average molecular weight is 285 g/mol. The third-order valence-corrected chi connectivity index (χ3v) is 3.22. The summed E-state index contributed by atoms with van der Waals surface area (Å²) < 4.78 is 0. The molecule has 0 aromatic heterocycles. The van der Waals surface area contributed by atoms with Crippen molar-refractivity contribution in [1.29, 1.82) is 5.26 Å². The SMILES string of the molecule is N#Cc1ccc(C(=O)NCc2ccc(CCl)cc2)cc1. The first-order valence-corrected chi connectivity index (χ1v) is 6.68. The van der Waals surface area contributed by atoms with Gasteiger partial charge in [0.2, 0.25) is 0 Å². The van der Waals surface area contributed by atoms with Gasteiger partial charge in [-0.05, 0) is 35.4 Å². The van der Waals surface area contributed by atoms with Crippen molar-refractivity contribution < 1.29 is 4.79 Å². The van der Waals surface area contributed by atoms with E-state index in [0.29, 0.717) is 23.6 Å². The number of rotatable bonds is 4. The van der Waals surface area contributed by atoms with Gasteiger partial charge in [0.05, 0.1) is 11.6 Å². The number of carbonyl (C=O) groups is 1. The second-order valence-corrected chi connectivity index (χ2v) is 4.59. The highest BCUT2D eigenvalue weighted by molar-refractivity contribution is 6.17. The van der Waals surface area contributed by atoms with Crippen LogP contribution >= 0.6 is 11.6 Å². The van der Waals surface area contributed by atoms with Crippen molar-refractivity contribution in [3.05, 3.63) is 70.8 Å². The molecule has 20 heavy (non-hydrogen) atoms. The van der Waals surface area contributed by atoms with Crippen LogP contribution in [0.3, 0.4) is 0 Å². The molecule has 0 atom stereocenters. The zero-order chi connectivity index (χ0) is 14.4. The maximum atomic E-state index is 11.9. The van der Waals surface area contributed by atoms with Gasteiger partial charge in [0.1, 0.15) is 0 Å². The fourth-order valence-electron chi connectivity index (χ4n) is 1.73. The van der Waals surface area contributed by atoms with Crippen LogP contribution in [-0.4, -0.2) is 5.91 Å². The van der Waals surface area contributed by atoms with Gasteiger partial charge in [-0.3, -0.25) is 4.79 Å². The number of alkyl halides is 1. The monoisotopic (exact) mass is 284 g/mol. The second kappa shape index (κ2) is 6.74. The number of hydrogen-bond acceptors (Lipinski definition) is 2. The number of nitrogens with one attached hydrogen (secondary N) is 1. The average Bonchev–Trinajstić information content (AvgIpc) is 2.53. The summed E-state index contributed by atoms with van der Waals surface area (Å²) in [5.74, 6) is 0.327. The molecule has 2 rings (SSSR count). The molecule has 2 aromatic carbocycles. The lowest BCUT2D eigenvalue weighted by Crippen LogP contribution is -2.22. The van der Waals surface area contributed by atoms with Gasteiger partial charge in [0.25, 0.3) is 5.91 Å². The number of carbonyl (C=O) groups excluding carboxylic acids is 1. The van der Waals surface area contributed by atoms with E-state index in [0.717, 1.165) is 11.1 Å². The van der Waals surface area contributed by atoms with E-state index in [9.17, 15) is 4.79 Å². The van der Waals surface area contributed by atoms with Crippen LogP contribution in [0.2, 0.25) is 0 Å². The van der Waals surface area contributed by atoms with E-state index in [2.05, 4.69) is 5.32 Å². The van der Waals surface area contributed by atoms with E-state index in [1.54, 1.807) is 24.3 Å². The summed E-state index contributed by atoms with van der Waals surface area (Å²) in [5.41, 5.74) is 3.15. The normalized spacial score (nSPS) is 9.80. The third-order valence-electron chi connectivity index (χ3n) is 2.91. The van der Waals surface area contributed by atoms with Gasteiger partial charge in [-0.1, -0.05) is 24.3 Å². The summed E-state index contributed by atoms with van der Waals surface area (Å²) in [4.78, 5) is 11.9. The molecule has 0 saturated heterocycles. The Morgan fingerprint density at radius 3 is 2.20 bits per heavy atom. The zero-order valence-corrected chi connectivity index (χ0v) is 11.5. The fraction of sp³-hybridized carbons (Fsp3) is 0.125. The lowest BCUT2D eigenvalue weighted by Gasteiger charge is -2.06. The molecular weight excluding hydrogens is 272 g/mol. The number of amides is 1. The first-order chi connectivity index (χ1) is 9.72. The lowest BCUT2D eigenvalue weighted by molar-refractivity contribution is 0.0951. The molecule has 2 aromatic rings. The summed E-state index contributed by atoms with van der Waals surface area (Å²) in [7, 11) is 0. The molecule has 0 aliphatic heterocycles. The topological polar surface area (TPSA) is 52.9 Å². The van der Waals surface area contributed by atoms with E-state index in [-0.39, 0.29) is 5.91 Å². The minimum Gasteiger partial charge on any atom is -0.348 e. The van der Waals surface area contributed by atoms with Crippen LogP contribution < -0.4 is 5.32 Å². The Morgan fingerprint density at radius 2 is 1.65 bits per heavy atom. The van der Waals surface area contributed by atoms with Gasteiger partial charge >= 0.3 is 0 Å². The smallest absolute Gasteiger partial charge is 0.251 e. The molecule has 100 valence electrons. The van der Waals surface area contributed by atoms with E-state index in [1.807, 2.05) is 30.3 Å². The van der Waals surface area contributed by atoms with E-state index in [1.165, 1.54) is 0 Å². The van der Waals surface area contributed by atoms with Crippen molar-refractivity contribution in [2.75, 3.05) is 0 Å². The highest BCUT2D eigenvalue weighted by atomic mass is 35.5. The predicted molar refractivity (Wildman–Crippen MR) is 78.3 cm³/mol. The van der Waals surface area contributed by atoms with Crippen LogP contribution in [0, 0.1) is 11.3 Å². The largest absolute Gasteiger partial charge is 0.348 e. The molecule has 0 unspecified atom stereocenters. The van der Waals surface area contributed by atoms with Gasteiger partial charge in [-0.25, -0.2) is 0 Å². The van der Waals surface area contributed by atoms with Crippen LogP contribution in [0.25, 0.3) is 0 Å². The Labute approximate surface area is 122 Å². The van der Waals surface area contributed by atoms with Crippen molar-refractivity contribution in [3.63, 3.8) is 0 Å². The molecule has 0 spiro atoms. The Balaban J connectivity index is 1.95. The lowest BCUT2D eigenvalue weighted by atomic mass is 10.1. The first kappa shape index (κ1) is 14.1. The first-order valence-electron chi connectivity index (χ1n) is 6.15. The van der Waals surface area contributed by atoms with Gasteiger partial charge < -0.3 is 5.32 Å². The number of nitriles is 1. The molecule has 0 radical (unpaired) electrons. The fourth-order valence-corrected chi connectivity index (χ4v) is 1.90. The number of halogens is 1. The van der Waals surface area contributed by atoms with Crippen molar-refractivity contribution in [3.8, 4) is 6.07 Å². The molecule has 0 bridgehead atoms. The number of benzene rings is 2. The molecule has 0 aliphatic carbocycles. The molecule has 1 N–H and O–H groups in total. The third kappa shape index (κ3) is 3.59. The van der Waals surface area contributed by atoms with Crippen LogP contribution in [0.15, 0.2) is 48.5 Å². The highest BCUT2D eigenvalue weighted by Crippen LogP contribution is 2.07.